The van der Waals surface area contributed by atoms with Gasteiger partial charge in [0, 0.05) is 0 Å². The van der Waals surface area contributed by atoms with E-state index in [1.165, 1.54) is 2.95 Å². The lowest BCUT2D eigenvalue weighted by molar-refractivity contribution is 1.55. The molecule has 0 amide bonds. The van der Waals surface area contributed by atoms with Gasteiger partial charge < -0.3 is 0 Å². The van der Waals surface area contributed by atoms with Crippen LogP contribution in [-0.2, 0) is 0 Å². The molecule has 0 unspecified atom stereocenters. The number of hydrogen-bond donors (Lipinski definition) is 0. The van der Waals surface area contributed by atoms with Gasteiger partial charge in [0.25, 0.3) is 0 Å². The van der Waals surface area contributed by atoms with Gasteiger partial charge in [0.05, 0.1) is 32.3 Å². The summed E-state index contributed by atoms with van der Waals surface area (Å²) in [4.78, 5) is 0. The highest BCUT2D eigenvalue weighted by molar-refractivity contribution is 9.25. The Morgan fingerprint density at radius 2 is 2.00 bits per heavy atom. The monoisotopic (exact) mass is 324 g/mol. The molecule has 0 aliphatic heterocycles. The second-order valence-electron chi connectivity index (χ2n) is 1.33. The van der Waals surface area contributed by atoms with Crippen LogP contribution in [-0.4, -0.2) is 4.37 Å². The highest BCUT2D eigenvalue weighted by atomic mass is 79.9. The zero-order valence-electron chi connectivity index (χ0n) is 4.31. The molecular formula is C3Br2Cl2N2S. The average molecular weight is 327 g/mol. The van der Waals surface area contributed by atoms with Crippen molar-refractivity contribution in [3.63, 3.8) is 0 Å². The van der Waals surface area contributed by atoms with Crippen molar-refractivity contribution in [2.45, 2.75) is 0 Å². The van der Waals surface area contributed by atoms with E-state index in [1.54, 1.807) is 0 Å². The largest absolute Gasteiger partial charge is 0.237 e. The van der Waals surface area contributed by atoms with Gasteiger partial charge in [-0.15, -0.1) is 0 Å². The van der Waals surface area contributed by atoms with E-state index in [0.717, 1.165) is 11.5 Å². The Kier molecular flexibility index (Phi) is 3.24. The van der Waals surface area contributed by atoms with E-state index >= 15 is 0 Å². The number of anilines is 1. The van der Waals surface area contributed by atoms with Crippen LogP contribution in [0.2, 0.25) is 9.49 Å². The molecule has 0 saturated heterocycles. The molecule has 1 aromatic heterocycles. The smallest absolute Gasteiger partial charge is 0.169 e. The molecule has 0 atom stereocenters. The Balaban J connectivity index is 3.10. The minimum absolute atomic E-state index is 0.378. The van der Waals surface area contributed by atoms with E-state index in [9.17, 15) is 0 Å². The molecule has 0 N–H and O–H groups in total. The molecule has 0 aliphatic carbocycles. The lowest BCUT2D eigenvalue weighted by atomic mass is 10.6. The van der Waals surface area contributed by atoms with Gasteiger partial charge in [0.15, 0.2) is 5.15 Å². The summed E-state index contributed by atoms with van der Waals surface area (Å²) in [6.07, 6.45) is 0. The number of nitrogens with zero attached hydrogens (tertiary/aromatic N) is 2. The molecule has 0 aliphatic rings. The molecular weight excluding hydrogens is 327 g/mol. The highest BCUT2D eigenvalue weighted by Gasteiger charge is 2.13. The van der Waals surface area contributed by atoms with Gasteiger partial charge >= 0.3 is 0 Å². The van der Waals surface area contributed by atoms with Crippen molar-refractivity contribution in [3.8, 4) is 0 Å². The lowest BCUT2D eigenvalue weighted by Gasteiger charge is -2.02. The van der Waals surface area contributed by atoms with Gasteiger partial charge in [-0.1, -0.05) is 23.2 Å². The zero-order chi connectivity index (χ0) is 7.72. The van der Waals surface area contributed by atoms with Crippen LogP contribution >= 0.6 is 67.0 Å². The van der Waals surface area contributed by atoms with Crippen LogP contribution in [0.25, 0.3) is 0 Å². The van der Waals surface area contributed by atoms with Crippen molar-refractivity contribution in [2.24, 2.45) is 0 Å². The summed E-state index contributed by atoms with van der Waals surface area (Å²) in [7, 11) is 0. The Labute approximate surface area is 89.0 Å². The second-order valence-corrected chi connectivity index (χ2v) is 5.43. The fraction of sp³-hybridized carbons (Fsp3) is 0. The van der Waals surface area contributed by atoms with E-state index in [1.807, 2.05) is 0 Å². The molecule has 7 heteroatoms. The van der Waals surface area contributed by atoms with Crippen LogP contribution in [0.4, 0.5) is 5.69 Å². The first-order valence-corrected chi connectivity index (χ1v) is 5.00. The number of halogens is 4. The maximum Gasteiger partial charge on any atom is 0.169 e. The van der Waals surface area contributed by atoms with Gasteiger partial charge in [-0.25, -0.2) is 2.95 Å². The van der Waals surface area contributed by atoms with E-state index < -0.39 is 0 Å². The van der Waals surface area contributed by atoms with Crippen molar-refractivity contribution in [1.29, 1.82) is 0 Å². The average Bonchev–Trinajstić information content (AvgIpc) is 2.11. The maximum absolute atomic E-state index is 5.71. The summed E-state index contributed by atoms with van der Waals surface area (Å²) in [6.45, 7) is 0. The van der Waals surface area contributed by atoms with Crippen LogP contribution < -0.4 is 2.95 Å². The van der Waals surface area contributed by atoms with Crippen molar-refractivity contribution in [1.82, 2.24) is 4.37 Å². The van der Waals surface area contributed by atoms with Crippen LogP contribution in [0.1, 0.15) is 0 Å². The summed E-state index contributed by atoms with van der Waals surface area (Å²) < 4.78 is 5.82. The molecule has 2 nitrogen and oxygen atoms in total. The summed E-state index contributed by atoms with van der Waals surface area (Å²) >= 11 is 18.7. The molecule has 1 heterocycles. The Hall–Kier alpha value is 0.970. The summed E-state index contributed by atoms with van der Waals surface area (Å²) in [5.74, 6) is 0. The quantitative estimate of drug-likeness (QED) is 0.728. The van der Waals surface area contributed by atoms with E-state index in [2.05, 4.69) is 36.7 Å². The lowest BCUT2D eigenvalue weighted by Crippen LogP contribution is -1.88. The fourth-order valence-electron chi connectivity index (χ4n) is 0.384. The predicted octanol–water partition coefficient (Wildman–Crippen LogP) is 3.88. The molecule has 0 radical (unpaired) electrons. The SMILES string of the molecule is Clc1nsc(Cl)c1N(Br)Br. The molecule has 1 aromatic rings. The van der Waals surface area contributed by atoms with Crippen LogP contribution in [0.5, 0.6) is 0 Å². The normalized spacial score (nSPS) is 10.0. The Morgan fingerprint density at radius 3 is 2.20 bits per heavy atom. The first-order chi connectivity index (χ1) is 4.63. The van der Waals surface area contributed by atoms with Gasteiger partial charge in [-0.2, -0.15) is 4.37 Å². The molecule has 10 heavy (non-hydrogen) atoms. The Bertz CT molecular complexity index is 219. The van der Waals surface area contributed by atoms with Crippen molar-refractivity contribution in [2.75, 3.05) is 2.95 Å². The van der Waals surface area contributed by atoms with Gasteiger partial charge in [-0.05, 0) is 11.5 Å². The standard InChI is InChI=1S/C3Br2Cl2N2S/c4-9(5)1-2(6)8-10-3(1)7. The van der Waals surface area contributed by atoms with Crippen LogP contribution in [0.15, 0.2) is 0 Å². The third-order valence-corrected chi connectivity index (χ3v) is 2.84. The molecule has 0 bridgehead atoms. The molecule has 0 aromatic carbocycles. The molecule has 0 fully saturated rings. The molecule has 0 spiro atoms. The van der Waals surface area contributed by atoms with Crippen molar-refractivity contribution < 1.29 is 0 Å². The predicted molar refractivity (Wildman–Crippen MR) is 52.5 cm³/mol. The van der Waals surface area contributed by atoms with Crippen molar-refractivity contribution >= 4 is 72.7 Å². The number of aromatic nitrogens is 1. The molecule has 56 valence electrons. The highest BCUT2D eigenvalue weighted by Crippen LogP contribution is 2.39. The number of rotatable bonds is 1. The van der Waals surface area contributed by atoms with E-state index in [0.29, 0.717) is 15.2 Å². The minimum atomic E-state index is 0.378. The molecule has 0 saturated carbocycles. The van der Waals surface area contributed by atoms with E-state index in [-0.39, 0.29) is 0 Å². The zero-order valence-corrected chi connectivity index (χ0v) is 9.81. The van der Waals surface area contributed by atoms with E-state index in [4.69, 9.17) is 23.2 Å². The summed E-state index contributed by atoms with van der Waals surface area (Å²) in [5.41, 5.74) is 0.633. The Morgan fingerprint density at radius 1 is 1.40 bits per heavy atom. The first kappa shape index (κ1) is 9.06. The fourth-order valence-corrected chi connectivity index (χ4v) is 2.90. The topological polar surface area (TPSA) is 16.1 Å². The summed E-state index contributed by atoms with van der Waals surface area (Å²) in [6, 6.07) is 0. The molecule has 1 rings (SSSR count). The summed E-state index contributed by atoms with van der Waals surface area (Å²) in [5, 5.41) is 0.378. The second kappa shape index (κ2) is 3.58. The third kappa shape index (κ3) is 1.76. The van der Waals surface area contributed by atoms with Gasteiger partial charge in [-0.3, -0.25) is 0 Å². The van der Waals surface area contributed by atoms with Crippen molar-refractivity contribution in [3.05, 3.63) is 9.49 Å². The number of hydrogen-bond acceptors (Lipinski definition) is 3. The third-order valence-electron chi connectivity index (χ3n) is 0.757. The first-order valence-electron chi connectivity index (χ1n) is 2.05. The maximum atomic E-state index is 5.71. The van der Waals surface area contributed by atoms with Crippen LogP contribution in [0, 0.1) is 0 Å². The minimum Gasteiger partial charge on any atom is -0.237 e. The van der Waals surface area contributed by atoms with Crippen LogP contribution in [0.3, 0.4) is 0 Å². The van der Waals surface area contributed by atoms with Gasteiger partial charge in [0.1, 0.15) is 10.0 Å². The van der Waals surface area contributed by atoms with Gasteiger partial charge in [0.2, 0.25) is 0 Å².